The predicted molar refractivity (Wildman–Crippen MR) is 68.7 cm³/mol. The molecule has 0 bridgehead atoms. The first-order chi connectivity index (χ1) is 8.12. The molecular formula is C12H20N2O3. The molecule has 0 saturated heterocycles. The molecule has 5 heteroatoms. The molecule has 0 aliphatic heterocycles. The molecule has 0 fully saturated rings. The Balaban J connectivity index is 2.92. The molecule has 5 nitrogen and oxygen atoms in total. The molecule has 0 amide bonds. The molecule has 1 aromatic rings. The number of anilines is 2. The van der Waals surface area contributed by atoms with Crippen molar-refractivity contribution in [1.82, 2.24) is 0 Å². The van der Waals surface area contributed by atoms with Crippen molar-refractivity contribution in [2.24, 2.45) is 0 Å². The van der Waals surface area contributed by atoms with Crippen molar-refractivity contribution in [2.75, 3.05) is 31.9 Å². The fourth-order valence-corrected chi connectivity index (χ4v) is 1.55. The Bertz CT molecular complexity index is 369. The molecule has 0 spiro atoms. The van der Waals surface area contributed by atoms with Gasteiger partial charge in [0, 0.05) is 24.8 Å². The monoisotopic (exact) mass is 240 g/mol. The summed E-state index contributed by atoms with van der Waals surface area (Å²) in [5.41, 5.74) is 7.28. The molecule has 0 heterocycles. The van der Waals surface area contributed by atoms with Crippen LogP contribution in [0.1, 0.15) is 13.3 Å². The summed E-state index contributed by atoms with van der Waals surface area (Å²) in [6, 6.07) is 3.65. The number of ether oxygens (including phenoxy) is 2. The maximum atomic E-state index is 8.85. The number of hydrogen-bond acceptors (Lipinski definition) is 5. The molecule has 4 N–H and O–H groups in total. The zero-order chi connectivity index (χ0) is 12.8. The topological polar surface area (TPSA) is 76.7 Å². The van der Waals surface area contributed by atoms with Crippen molar-refractivity contribution in [3.63, 3.8) is 0 Å². The zero-order valence-corrected chi connectivity index (χ0v) is 10.5. The first-order valence-corrected chi connectivity index (χ1v) is 5.51. The number of benzene rings is 1. The quantitative estimate of drug-likeness (QED) is 0.656. The van der Waals surface area contributed by atoms with Gasteiger partial charge in [-0.1, -0.05) is 0 Å². The zero-order valence-electron chi connectivity index (χ0n) is 10.5. The average Bonchev–Trinajstić information content (AvgIpc) is 2.31. The normalized spacial score (nSPS) is 12.0. The van der Waals surface area contributed by atoms with Crippen molar-refractivity contribution in [2.45, 2.75) is 19.4 Å². The largest absolute Gasteiger partial charge is 0.493 e. The number of nitrogens with two attached hydrogens (primary N) is 1. The van der Waals surface area contributed by atoms with Gasteiger partial charge in [-0.3, -0.25) is 0 Å². The maximum Gasteiger partial charge on any atom is 0.162 e. The first kappa shape index (κ1) is 13.4. The molecule has 0 saturated carbocycles. The lowest BCUT2D eigenvalue weighted by Crippen LogP contribution is -2.17. The van der Waals surface area contributed by atoms with E-state index in [9.17, 15) is 0 Å². The second-order valence-corrected chi connectivity index (χ2v) is 3.85. The SMILES string of the molecule is COc1cc(N)c(NC(C)CCO)cc1OC. The summed E-state index contributed by atoms with van der Waals surface area (Å²) in [5.74, 6) is 1.23. The Morgan fingerprint density at radius 2 is 1.88 bits per heavy atom. The third-order valence-corrected chi connectivity index (χ3v) is 2.52. The van der Waals surface area contributed by atoms with Gasteiger partial charge in [-0.25, -0.2) is 0 Å². The van der Waals surface area contributed by atoms with E-state index in [-0.39, 0.29) is 12.6 Å². The van der Waals surface area contributed by atoms with Gasteiger partial charge in [0.25, 0.3) is 0 Å². The van der Waals surface area contributed by atoms with Gasteiger partial charge in [0.05, 0.1) is 25.6 Å². The number of aliphatic hydroxyl groups is 1. The highest BCUT2D eigenvalue weighted by atomic mass is 16.5. The van der Waals surface area contributed by atoms with Crippen LogP contribution >= 0.6 is 0 Å². The lowest BCUT2D eigenvalue weighted by Gasteiger charge is -2.18. The van der Waals surface area contributed by atoms with E-state index < -0.39 is 0 Å². The molecule has 1 unspecified atom stereocenters. The summed E-state index contributed by atoms with van der Waals surface area (Å²) in [6.07, 6.45) is 0.661. The lowest BCUT2D eigenvalue weighted by molar-refractivity contribution is 0.282. The molecule has 1 rings (SSSR count). The van der Waals surface area contributed by atoms with Crippen molar-refractivity contribution < 1.29 is 14.6 Å². The fraction of sp³-hybridized carbons (Fsp3) is 0.500. The van der Waals surface area contributed by atoms with Gasteiger partial charge in [-0.15, -0.1) is 0 Å². The van der Waals surface area contributed by atoms with Crippen molar-refractivity contribution in [3.8, 4) is 11.5 Å². The molecule has 1 atom stereocenters. The highest BCUT2D eigenvalue weighted by molar-refractivity contribution is 5.72. The molecule has 17 heavy (non-hydrogen) atoms. The summed E-state index contributed by atoms with van der Waals surface area (Å²) < 4.78 is 10.4. The van der Waals surface area contributed by atoms with Crippen LogP contribution in [0.3, 0.4) is 0 Å². The predicted octanol–water partition coefficient (Wildman–Crippen LogP) is 1.47. The molecule has 0 aliphatic rings. The Hall–Kier alpha value is -1.62. The van der Waals surface area contributed by atoms with Crippen LogP contribution in [0.15, 0.2) is 12.1 Å². The van der Waals surface area contributed by atoms with Crippen molar-refractivity contribution in [1.29, 1.82) is 0 Å². The van der Waals surface area contributed by atoms with E-state index in [1.807, 2.05) is 6.92 Å². The van der Waals surface area contributed by atoms with E-state index in [1.54, 1.807) is 26.4 Å². The highest BCUT2D eigenvalue weighted by Gasteiger charge is 2.10. The van der Waals surface area contributed by atoms with Crippen LogP contribution in [0, 0.1) is 0 Å². The molecule has 96 valence electrons. The molecule has 0 aliphatic carbocycles. The molecular weight excluding hydrogens is 220 g/mol. The van der Waals surface area contributed by atoms with E-state index in [4.69, 9.17) is 20.3 Å². The van der Waals surface area contributed by atoms with Gasteiger partial charge in [0.2, 0.25) is 0 Å². The third kappa shape index (κ3) is 3.42. The van der Waals surface area contributed by atoms with E-state index >= 15 is 0 Å². The number of nitrogens with one attached hydrogen (secondary N) is 1. The van der Waals surface area contributed by atoms with Crippen LogP contribution in [-0.2, 0) is 0 Å². The Morgan fingerprint density at radius 3 is 2.41 bits per heavy atom. The summed E-state index contributed by atoms with van der Waals surface area (Å²) in [7, 11) is 3.15. The van der Waals surface area contributed by atoms with Crippen LogP contribution < -0.4 is 20.5 Å². The van der Waals surface area contributed by atoms with Crippen LogP contribution in [0.2, 0.25) is 0 Å². The van der Waals surface area contributed by atoms with Crippen LogP contribution in [0.4, 0.5) is 11.4 Å². The van der Waals surface area contributed by atoms with Gasteiger partial charge in [-0.2, -0.15) is 0 Å². The van der Waals surface area contributed by atoms with Crippen LogP contribution in [0.5, 0.6) is 11.5 Å². The third-order valence-electron chi connectivity index (χ3n) is 2.52. The Labute approximate surface area is 102 Å². The number of nitrogen functional groups attached to an aromatic ring is 1. The minimum atomic E-state index is 0.139. The Morgan fingerprint density at radius 1 is 1.29 bits per heavy atom. The Kier molecular flexibility index (Phi) is 4.90. The van der Waals surface area contributed by atoms with Crippen LogP contribution in [0.25, 0.3) is 0 Å². The summed E-state index contributed by atoms with van der Waals surface area (Å²) >= 11 is 0. The van der Waals surface area contributed by atoms with Crippen molar-refractivity contribution >= 4 is 11.4 Å². The first-order valence-electron chi connectivity index (χ1n) is 5.51. The van der Waals surface area contributed by atoms with Gasteiger partial charge < -0.3 is 25.6 Å². The average molecular weight is 240 g/mol. The van der Waals surface area contributed by atoms with Gasteiger partial charge in [-0.05, 0) is 13.3 Å². The minimum Gasteiger partial charge on any atom is -0.493 e. The number of hydrogen-bond donors (Lipinski definition) is 3. The number of methoxy groups -OCH3 is 2. The molecule has 0 aromatic heterocycles. The summed E-state index contributed by atoms with van der Waals surface area (Å²) in [6.45, 7) is 2.12. The highest BCUT2D eigenvalue weighted by Crippen LogP contribution is 2.35. The standard InChI is InChI=1S/C12H20N2O3/c1-8(4-5-15)14-10-7-12(17-3)11(16-2)6-9(10)13/h6-8,14-15H,4-5,13H2,1-3H3. The van der Waals surface area contributed by atoms with Gasteiger partial charge >= 0.3 is 0 Å². The maximum absolute atomic E-state index is 8.85. The second kappa shape index (κ2) is 6.20. The van der Waals surface area contributed by atoms with E-state index in [2.05, 4.69) is 5.32 Å². The second-order valence-electron chi connectivity index (χ2n) is 3.85. The molecule has 0 radical (unpaired) electrons. The van der Waals surface area contributed by atoms with Crippen molar-refractivity contribution in [3.05, 3.63) is 12.1 Å². The van der Waals surface area contributed by atoms with E-state index in [0.717, 1.165) is 5.69 Å². The lowest BCUT2D eigenvalue weighted by atomic mass is 10.2. The van der Waals surface area contributed by atoms with Gasteiger partial charge in [0.15, 0.2) is 11.5 Å². The van der Waals surface area contributed by atoms with Crippen LogP contribution in [-0.4, -0.2) is 32.0 Å². The van der Waals surface area contributed by atoms with E-state index in [1.165, 1.54) is 0 Å². The van der Waals surface area contributed by atoms with Gasteiger partial charge in [0.1, 0.15) is 0 Å². The molecule has 1 aromatic carbocycles. The fourth-order valence-electron chi connectivity index (χ4n) is 1.55. The number of aliphatic hydroxyl groups excluding tert-OH is 1. The summed E-state index contributed by atoms with van der Waals surface area (Å²) in [5, 5.41) is 12.1. The number of rotatable bonds is 6. The van der Waals surface area contributed by atoms with E-state index in [0.29, 0.717) is 23.6 Å². The summed E-state index contributed by atoms with van der Waals surface area (Å²) in [4.78, 5) is 0. The minimum absolute atomic E-state index is 0.139. The smallest absolute Gasteiger partial charge is 0.162 e.